The van der Waals surface area contributed by atoms with E-state index in [1.54, 1.807) is 6.20 Å². The van der Waals surface area contributed by atoms with Crippen LogP contribution in [-0.2, 0) is 0 Å². The second kappa shape index (κ2) is 6.11. The van der Waals surface area contributed by atoms with Gasteiger partial charge in [-0.15, -0.1) is 0 Å². The van der Waals surface area contributed by atoms with Crippen molar-refractivity contribution in [1.29, 1.82) is 5.26 Å². The van der Waals surface area contributed by atoms with Crippen molar-refractivity contribution in [3.05, 3.63) is 36.7 Å². The lowest BCUT2D eigenvalue weighted by atomic mass is 9.82. The highest BCUT2D eigenvalue weighted by atomic mass is 15.0. The van der Waals surface area contributed by atoms with Crippen LogP contribution in [0.4, 0.5) is 5.69 Å². The highest BCUT2D eigenvalue weighted by Gasteiger charge is 2.25. The van der Waals surface area contributed by atoms with E-state index < -0.39 is 0 Å². The Hall–Kier alpha value is -2.12. The summed E-state index contributed by atoms with van der Waals surface area (Å²) in [6.45, 7) is 2.93. The molecule has 2 N–H and O–H groups in total. The van der Waals surface area contributed by atoms with Gasteiger partial charge in [-0.1, -0.05) is 31.2 Å². The maximum absolute atomic E-state index is 9.34. The monoisotopic (exact) mass is 280 g/mol. The van der Waals surface area contributed by atoms with E-state index in [-0.39, 0.29) is 6.04 Å². The molecule has 1 aromatic carbocycles. The number of benzene rings is 1. The molecule has 0 bridgehead atoms. The van der Waals surface area contributed by atoms with E-state index in [0.29, 0.717) is 12.6 Å². The largest absolute Gasteiger partial charge is 0.367 e. The zero-order valence-corrected chi connectivity index (χ0v) is 12.2. The summed E-state index contributed by atoms with van der Waals surface area (Å²) in [5, 5.41) is 18.3. The summed E-state index contributed by atoms with van der Waals surface area (Å²) in [6.07, 6.45) is 6.07. The lowest BCUT2D eigenvalue weighted by molar-refractivity contribution is 0.242. The van der Waals surface area contributed by atoms with Crippen molar-refractivity contribution in [2.75, 3.05) is 11.9 Å². The van der Waals surface area contributed by atoms with Crippen LogP contribution >= 0.6 is 0 Å². The third-order valence-electron chi connectivity index (χ3n) is 4.14. The Kier molecular flexibility index (Phi) is 4.03. The second-order valence-corrected chi connectivity index (χ2v) is 5.92. The van der Waals surface area contributed by atoms with E-state index in [1.807, 2.05) is 24.4 Å². The van der Waals surface area contributed by atoms with Gasteiger partial charge < -0.3 is 10.6 Å². The number of hydrogen-bond acceptors (Lipinski definition) is 4. The summed E-state index contributed by atoms with van der Waals surface area (Å²) in [7, 11) is 0. The maximum atomic E-state index is 9.34. The number of nitriles is 1. The number of fused-ring (bicyclic) bond motifs is 1. The summed E-state index contributed by atoms with van der Waals surface area (Å²) < 4.78 is 0. The first-order valence-corrected chi connectivity index (χ1v) is 7.48. The molecule has 1 aliphatic rings. The Labute approximate surface area is 125 Å². The van der Waals surface area contributed by atoms with E-state index in [9.17, 15) is 5.26 Å². The summed E-state index contributed by atoms with van der Waals surface area (Å²) >= 11 is 0. The number of pyridine rings is 1. The van der Waals surface area contributed by atoms with Crippen LogP contribution in [0.2, 0.25) is 0 Å². The van der Waals surface area contributed by atoms with Crippen LogP contribution in [0.3, 0.4) is 0 Å². The fraction of sp³-hybridized carbons (Fsp3) is 0.412. The molecule has 1 heterocycles. The Morgan fingerprint density at radius 2 is 2.14 bits per heavy atom. The van der Waals surface area contributed by atoms with E-state index in [2.05, 4.69) is 34.7 Å². The van der Waals surface area contributed by atoms with Gasteiger partial charge in [0.25, 0.3) is 0 Å². The minimum atomic E-state index is -0.242. The summed E-state index contributed by atoms with van der Waals surface area (Å²) in [5.74, 6) is 0.818. The van der Waals surface area contributed by atoms with E-state index in [1.165, 1.54) is 12.8 Å². The maximum Gasteiger partial charge on any atom is 0.127 e. The molecule has 0 aliphatic heterocycles. The van der Waals surface area contributed by atoms with Gasteiger partial charge in [0.05, 0.1) is 18.0 Å². The van der Waals surface area contributed by atoms with Crippen LogP contribution in [0.15, 0.2) is 36.7 Å². The third-order valence-corrected chi connectivity index (χ3v) is 4.14. The second-order valence-electron chi connectivity index (χ2n) is 5.92. The fourth-order valence-electron chi connectivity index (χ4n) is 2.90. The fourth-order valence-corrected chi connectivity index (χ4v) is 2.90. The van der Waals surface area contributed by atoms with Crippen molar-refractivity contribution in [3.8, 4) is 6.07 Å². The lowest BCUT2D eigenvalue weighted by Gasteiger charge is -2.34. The number of nitrogens with one attached hydrogen (secondary N) is 2. The van der Waals surface area contributed by atoms with Crippen LogP contribution in [0.1, 0.15) is 19.8 Å². The predicted molar refractivity (Wildman–Crippen MR) is 85.0 cm³/mol. The molecule has 1 aliphatic carbocycles. The van der Waals surface area contributed by atoms with E-state index in [4.69, 9.17) is 0 Å². The normalized spacial score (nSPS) is 22.3. The van der Waals surface area contributed by atoms with Gasteiger partial charge >= 0.3 is 0 Å². The summed E-state index contributed by atoms with van der Waals surface area (Å²) in [6, 6.07) is 10.7. The van der Waals surface area contributed by atoms with Crippen molar-refractivity contribution in [2.45, 2.75) is 31.8 Å². The number of hydrogen-bond donors (Lipinski definition) is 2. The first-order chi connectivity index (χ1) is 10.3. The minimum Gasteiger partial charge on any atom is -0.367 e. The topological polar surface area (TPSA) is 60.7 Å². The van der Waals surface area contributed by atoms with Crippen LogP contribution < -0.4 is 10.6 Å². The predicted octanol–water partition coefficient (Wildman–Crippen LogP) is 2.93. The average Bonchev–Trinajstić information content (AvgIpc) is 2.49. The molecule has 3 rings (SSSR count). The minimum absolute atomic E-state index is 0.242. The molecule has 2 aromatic rings. The molecule has 1 atom stereocenters. The molecule has 0 amide bonds. The van der Waals surface area contributed by atoms with Gasteiger partial charge in [-0.2, -0.15) is 5.26 Å². The van der Waals surface area contributed by atoms with Gasteiger partial charge in [0.1, 0.15) is 6.04 Å². The quantitative estimate of drug-likeness (QED) is 0.884. The van der Waals surface area contributed by atoms with Crippen LogP contribution in [-0.4, -0.2) is 23.6 Å². The molecule has 4 heteroatoms. The Balaban J connectivity index is 1.66. The molecule has 1 unspecified atom stereocenters. The van der Waals surface area contributed by atoms with Gasteiger partial charge in [0.15, 0.2) is 0 Å². The van der Waals surface area contributed by atoms with Crippen molar-refractivity contribution < 1.29 is 0 Å². The zero-order valence-electron chi connectivity index (χ0n) is 12.2. The van der Waals surface area contributed by atoms with E-state index >= 15 is 0 Å². The first-order valence-electron chi connectivity index (χ1n) is 7.48. The SMILES string of the molecule is CC1CC(NCC(C#N)Nc2cncc3ccccc23)C1. The lowest BCUT2D eigenvalue weighted by Crippen LogP contribution is -2.44. The number of anilines is 1. The van der Waals surface area contributed by atoms with Crippen LogP contribution in [0, 0.1) is 17.2 Å². The van der Waals surface area contributed by atoms with Gasteiger partial charge in [-0.3, -0.25) is 4.98 Å². The molecule has 21 heavy (non-hydrogen) atoms. The number of aromatic nitrogens is 1. The van der Waals surface area contributed by atoms with Crippen molar-refractivity contribution in [3.63, 3.8) is 0 Å². The van der Waals surface area contributed by atoms with Crippen LogP contribution in [0.5, 0.6) is 0 Å². The van der Waals surface area contributed by atoms with Crippen LogP contribution in [0.25, 0.3) is 10.8 Å². The molecule has 0 radical (unpaired) electrons. The van der Waals surface area contributed by atoms with Gasteiger partial charge in [-0.25, -0.2) is 0 Å². The molecular weight excluding hydrogens is 260 g/mol. The standard InChI is InChI=1S/C17H20N4/c1-12-6-14(7-12)20-10-15(8-18)21-17-11-19-9-13-4-2-3-5-16(13)17/h2-5,9,11-12,14-15,20-21H,6-7,10H2,1H3. The molecule has 0 saturated heterocycles. The smallest absolute Gasteiger partial charge is 0.127 e. The zero-order chi connectivity index (χ0) is 14.7. The number of nitrogens with zero attached hydrogens (tertiary/aromatic N) is 2. The Morgan fingerprint density at radius 1 is 1.33 bits per heavy atom. The van der Waals surface area contributed by atoms with Gasteiger partial charge in [-0.05, 0) is 18.8 Å². The van der Waals surface area contributed by atoms with Gasteiger partial charge in [0.2, 0.25) is 0 Å². The molecule has 1 saturated carbocycles. The molecular formula is C17H20N4. The first kappa shape index (κ1) is 13.8. The summed E-state index contributed by atoms with van der Waals surface area (Å²) in [4.78, 5) is 4.24. The van der Waals surface area contributed by atoms with Crippen molar-refractivity contribution in [1.82, 2.24) is 10.3 Å². The summed E-state index contributed by atoms with van der Waals surface area (Å²) in [5.41, 5.74) is 0.920. The Morgan fingerprint density at radius 3 is 2.90 bits per heavy atom. The molecule has 1 fully saturated rings. The molecule has 4 nitrogen and oxygen atoms in total. The van der Waals surface area contributed by atoms with Gasteiger partial charge in [0, 0.05) is 29.6 Å². The molecule has 0 spiro atoms. The third kappa shape index (κ3) is 3.14. The Bertz CT molecular complexity index is 650. The molecule has 108 valence electrons. The van der Waals surface area contributed by atoms with Crippen molar-refractivity contribution in [2.24, 2.45) is 5.92 Å². The van der Waals surface area contributed by atoms with E-state index in [0.717, 1.165) is 22.4 Å². The highest BCUT2D eigenvalue weighted by molar-refractivity contribution is 5.92. The molecule has 1 aromatic heterocycles. The number of rotatable bonds is 5. The average molecular weight is 280 g/mol. The van der Waals surface area contributed by atoms with Crippen molar-refractivity contribution >= 4 is 16.5 Å². The highest BCUT2D eigenvalue weighted by Crippen LogP contribution is 2.26.